The average Bonchev–Trinajstić information content (AvgIpc) is 2.74. The Morgan fingerprint density at radius 2 is 2.22 bits per heavy atom. The van der Waals surface area contributed by atoms with Crippen LogP contribution in [0.1, 0.15) is 38.7 Å². The number of hydrogen-bond acceptors (Lipinski definition) is 3. The van der Waals surface area contributed by atoms with Crippen LogP contribution in [0.4, 0.5) is 0 Å². The summed E-state index contributed by atoms with van der Waals surface area (Å²) in [5.74, 6) is 1.28. The molecule has 100 valence electrons. The number of ether oxygens (including phenoxy) is 1. The monoisotopic (exact) mass is 362 g/mol. The van der Waals surface area contributed by atoms with Crippen molar-refractivity contribution < 1.29 is 4.74 Å². The zero-order chi connectivity index (χ0) is 13.3. The first-order valence-corrected chi connectivity index (χ1v) is 7.32. The molecular formula is C13H19IN2O2. The van der Waals surface area contributed by atoms with E-state index < -0.39 is 0 Å². The quantitative estimate of drug-likeness (QED) is 0.822. The third kappa shape index (κ3) is 3.12. The molecule has 1 aromatic rings. The molecule has 1 unspecified atom stereocenters. The first-order valence-electron chi connectivity index (χ1n) is 6.25. The predicted molar refractivity (Wildman–Crippen MR) is 78.9 cm³/mol. The van der Waals surface area contributed by atoms with Crippen LogP contribution in [-0.2, 0) is 16.6 Å². The SMILES string of the molecule is CC(C)(C)c1nc(CC2CCOC2)[nH]c(=O)c1I. The number of nitrogens with one attached hydrogen (secondary N) is 1. The normalized spacial score (nSPS) is 20.3. The minimum Gasteiger partial charge on any atom is -0.381 e. The molecule has 1 atom stereocenters. The number of hydrogen-bond donors (Lipinski definition) is 1. The Balaban J connectivity index is 2.32. The molecule has 4 nitrogen and oxygen atoms in total. The Morgan fingerprint density at radius 3 is 2.78 bits per heavy atom. The van der Waals surface area contributed by atoms with E-state index in [0.717, 1.165) is 37.6 Å². The van der Waals surface area contributed by atoms with Gasteiger partial charge in [0, 0.05) is 25.0 Å². The van der Waals surface area contributed by atoms with Crippen molar-refractivity contribution in [3.63, 3.8) is 0 Å². The fraction of sp³-hybridized carbons (Fsp3) is 0.692. The van der Waals surface area contributed by atoms with Crippen LogP contribution in [0.3, 0.4) is 0 Å². The van der Waals surface area contributed by atoms with Gasteiger partial charge in [-0.2, -0.15) is 0 Å². The predicted octanol–water partition coefficient (Wildman–Crippen LogP) is 2.25. The maximum Gasteiger partial charge on any atom is 0.264 e. The molecule has 1 aromatic heterocycles. The molecule has 0 saturated carbocycles. The van der Waals surface area contributed by atoms with Crippen molar-refractivity contribution in [2.75, 3.05) is 13.2 Å². The summed E-state index contributed by atoms with van der Waals surface area (Å²) in [5.41, 5.74) is 0.760. The standard InChI is InChI=1S/C13H19IN2O2/c1-13(2,3)11-10(14)12(17)16-9(15-11)6-8-4-5-18-7-8/h8H,4-7H2,1-3H3,(H,15,16,17). The van der Waals surface area contributed by atoms with E-state index >= 15 is 0 Å². The molecule has 2 rings (SSSR count). The summed E-state index contributed by atoms with van der Waals surface area (Å²) in [6, 6.07) is 0. The second kappa shape index (κ2) is 5.28. The van der Waals surface area contributed by atoms with Crippen molar-refractivity contribution in [2.45, 2.75) is 39.0 Å². The van der Waals surface area contributed by atoms with E-state index in [-0.39, 0.29) is 11.0 Å². The van der Waals surface area contributed by atoms with Gasteiger partial charge in [-0.1, -0.05) is 20.8 Å². The molecule has 2 heterocycles. The van der Waals surface area contributed by atoms with Crippen LogP contribution < -0.4 is 5.56 Å². The first-order chi connectivity index (χ1) is 8.38. The Bertz CT molecular complexity index is 485. The maximum absolute atomic E-state index is 11.9. The lowest BCUT2D eigenvalue weighted by Gasteiger charge is -2.20. The first kappa shape index (κ1) is 14.0. The third-order valence-electron chi connectivity index (χ3n) is 3.13. The molecule has 0 aliphatic carbocycles. The Kier molecular flexibility index (Phi) is 4.11. The van der Waals surface area contributed by atoms with Crippen molar-refractivity contribution in [2.24, 2.45) is 5.92 Å². The van der Waals surface area contributed by atoms with Gasteiger partial charge in [-0.05, 0) is 34.9 Å². The molecule has 18 heavy (non-hydrogen) atoms. The van der Waals surface area contributed by atoms with E-state index in [1.54, 1.807) is 0 Å². The van der Waals surface area contributed by atoms with Crippen LogP contribution in [0.5, 0.6) is 0 Å². The summed E-state index contributed by atoms with van der Waals surface area (Å²) in [6.07, 6.45) is 1.86. The Morgan fingerprint density at radius 1 is 1.50 bits per heavy atom. The molecule has 1 fully saturated rings. The molecule has 1 saturated heterocycles. The largest absolute Gasteiger partial charge is 0.381 e. The van der Waals surface area contributed by atoms with Gasteiger partial charge >= 0.3 is 0 Å². The van der Waals surface area contributed by atoms with Gasteiger partial charge in [0.1, 0.15) is 9.39 Å². The number of H-pyrrole nitrogens is 1. The molecule has 0 spiro atoms. The summed E-state index contributed by atoms with van der Waals surface area (Å²) in [5, 5.41) is 0. The lowest BCUT2D eigenvalue weighted by Crippen LogP contribution is -2.26. The lowest BCUT2D eigenvalue weighted by atomic mass is 9.92. The summed E-state index contributed by atoms with van der Waals surface area (Å²) >= 11 is 2.08. The van der Waals surface area contributed by atoms with Gasteiger partial charge in [0.05, 0.1) is 5.69 Å². The van der Waals surface area contributed by atoms with E-state index in [4.69, 9.17) is 4.74 Å². The van der Waals surface area contributed by atoms with Gasteiger partial charge < -0.3 is 9.72 Å². The topological polar surface area (TPSA) is 55.0 Å². The van der Waals surface area contributed by atoms with Crippen LogP contribution in [0.15, 0.2) is 4.79 Å². The molecular weight excluding hydrogens is 343 g/mol. The van der Waals surface area contributed by atoms with Gasteiger partial charge in [0.25, 0.3) is 5.56 Å². The second-order valence-electron chi connectivity index (χ2n) is 5.86. The number of halogens is 1. The van der Waals surface area contributed by atoms with Gasteiger partial charge in [-0.25, -0.2) is 4.98 Å². The zero-order valence-corrected chi connectivity index (χ0v) is 13.2. The van der Waals surface area contributed by atoms with Crippen molar-refractivity contribution in [1.82, 2.24) is 9.97 Å². The smallest absolute Gasteiger partial charge is 0.264 e. The van der Waals surface area contributed by atoms with Crippen LogP contribution in [0.25, 0.3) is 0 Å². The minimum absolute atomic E-state index is 0.0237. The average molecular weight is 362 g/mol. The fourth-order valence-electron chi connectivity index (χ4n) is 2.12. The lowest BCUT2D eigenvalue weighted by molar-refractivity contribution is 0.185. The van der Waals surface area contributed by atoms with E-state index in [0.29, 0.717) is 9.49 Å². The van der Waals surface area contributed by atoms with E-state index in [1.807, 2.05) is 0 Å². The fourth-order valence-corrected chi connectivity index (χ4v) is 3.18. The van der Waals surface area contributed by atoms with Crippen LogP contribution in [0, 0.1) is 9.49 Å². The Labute approximate surface area is 121 Å². The molecule has 0 aromatic carbocycles. The summed E-state index contributed by atoms with van der Waals surface area (Å²) < 4.78 is 6.06. The van der Waals surface area contributed by atoms with Crippen molar-refractivity contribution >= 4 is 22.6 Å². The van der Waals surface area contributed by atoms with Crippen molar-refractivity contribution in [3.05, 3.63) is 25.4 Å². The highest BCUT2D eigenvalue weighted by atomic mass is 127. The number of aromatic amines is 1. The van der Waals surface area contributed by atoms with Crippen LogP contribution in [-0.4, -0.2) is 23.2 Å². The van der Waals surface area contributed by atoms with Gasteiger partial charge in [0.15, 0.2) is 0 Å². The zero-order valence-electron chi connectivity index (χ0n) is 11.0. The highest BCUT2D eigenvalue weighted by Crippen LogP contribution is 2.24. The molecule has 0 bridgehead atoms. The van der Waals surface area contributed by atoms with Gasteiger partial charge in [-0.15, -0.1) is 0 Å². The van der Waals surface area contributed by atoms with Crippen LogP contribution in [0.2, 0.25) is 0 Å². The maximum atomic E-state index is 11.9. The van der Waals surface area contributed by atoms with Crippen LogP contribution >= 0.6 is 22.6 Å². The minimum atomic E-state index is -0.105. The van der Waals surface area contributed by atoms with E-state index in [1.165, 1.54) is 0 Å². The third-order valence-corrected chi connectivity index (χ3v) is 4.13. The van der Waals surface area contributed by atoms with E-state index in [9.17, 15) is 4.79 Å². The molecule has 0 amide bonds. The molecule has 1 N–H and O–H groups in total. The van der Waals surface area contributed by atoms with Gasteiger partial charge in [0.2, 0.25) is 0 Å². The summed E-state index contributed by atoms with van der Waals surface area (Å²) in [6.45, 7) is 7.85. The summed E-state index contributed by atoms with van der Waals surface area (Å²) in [4.78, 5) is 19.5. The molecule has 1 aliphatic rings. The molecule has 0 radical (unpaired) electrons. The molecule has 5 heteroatoms. The second-order valence-corrected chi connectivity index (χ2v) is 6.94. The number of rotatable bonds is 2. The summed E-state index contributed by atoms with van der Waals surface area (Å²) in [7, 11) is 0. The highest BCUT2D eigenvalue weighted by Gasteiger charge is 2.23. The highest BCUT2D eigenvalue weighted by molar-refractivity contribution is 14.1. The Hall–Kier alpha value is -0.430. The molecule has 1 aliphatic heterocycles. The number of nitrogens with zero attached hydrogens (tertiary/aromatic N) is 1. The van der Waals surface area contributed by atoms with E-state index in [2.05, 4.69) is 53.3 Å². The van der Waals surface area contributed by atoms with Crippen molar-refractivity contribution in [3.8, 4) is 0 Å². The number of aromatic nitrogens is 2. The van der Waals surface area contributed by atoms with Gasteiger partial charge in [-0.3, -0.25) is 4.79 Å². The van der Waals surface area contributed by atoms with Crippen molar-refractivity contribution in [1.29, 1.82) is 0 Å².